The summed E-state index contributed by atoms with van der Waals surface area (Å²) in [5.74, 6) is -3.51. The van der Waals surface area contributed by atoms with Crippen molar-refractivity contribution in [1.82, 2.24) is 49.4 Å². The predicted molar refractivity (Wildman–Crippen MR) is 215 cm³/mol. The summed E-state index contributed by atoms with van der Waals surface area (Å²) in [6.07, 6.45) is -0.181. The van der Waals surface area contributed by atoms with Gasteiger partial charge in [-0.25, -0.2) is 54.6 Å². The van der Waals surface area contributed by atoms with Crippen molar-refractivity contribution >= 4 is 20.0 Å². The normalized spacial score (nSPS) is 13.0. The van der Waals surface area contributed by atoms with E-state index in [1.165, 1.54) is 62.1 Å². The molecule has 0 saturated carbocycles. The van der Waals surface area contributed by atoms with Gasteiger partial charge >= 0.3 is 12.9 Å². The van der Waals surface area contributed by atoms with Crippen molar-refractivity contribution in [3.63, 3.8) is 0 Å². The number of aromatic nitrogens is 8. The van der Waals surface area contributed by atoms with E-state index >= 15 is 0 Å². The highest BCUT2D eigenvalue weighted by Gasteiger charge is 2.26. The number of nitrogens with zero attached hydrogens (tertiary/aromatic N) is 9. The van der Waals surface area contributed by atoms with Gasteiger partial charge in [0.25, 0.3) is 23.6 Å². The lowest BCUT2D eigenvalue weighted by atomic mass is 9.93. The molecule has 2 unspecified atom stereocenters. The maximum absolute atomic E-state index is 14.7. The number of likely N-dealkylation sites (N-methyl/N-ethyl adjacent to an activating group) is 1. The monoisotopic (exact) mass is 924 g/mol. The van der Waals surface area contributed by atoms with Crippen LogP contribution in [0.3, 0.4) is 0 Å². The van der Waals surface area contributed by atoms with E-state index in [1.54, 1.807) is 38.1 Å². The van der Waals surface area contributed by atoms with Crippen molar-refractivity contribution in [3.8, 4) is 22.9 Å². The Hall–Kier alpha value is -5.72. The molecule has 6 aromatic rings. The molecule has 4 heterocycles. The van der Waals surface area contributed by atoms with Crippen LogP contribution in [0.4, 0.5) is 26.3 Å². The minimum absolute atomic E-state index is 0.0304. The van der Waals surface area contributed by atoms with Crippen LogP contribution in [-0.2, 0) is 32.9 Å². The molecule has 63 heavy (non-hydrogen) atoms. The molecule has 0 spiro atoms. The van der Waals surface area contributed by atoms with Crippen molar-refractivity contribution in [2.24, 2.45) is 0 Å². The van der Waals surface area contributed by atoms with E-state index in [2.05, 4.69) is 45.1 Å². The van der Waals surface area contributed by atoms with E-state index in [1.807, 2.05) is 0 Å². The SMILES string of the molecule is CCS(=O)(=O)N(C)CC(Cc1ncc(-c2nnc(C(F)F)o2)cn1)c1ccc(C)cc1F.CCS(=O)(=O)NCC(Cc1ncc(-c2nnc(C(F)F)o2)cn1)c1ccc(C)cc1F. The first kappa shape index (κ1) is 48.3. The van der Waals surface area contributed by atoms with Crippen LogP contribution in [0, 0.1) is 25.5 Å². The lowest BCUT2D eigenvalue weighted by molar-refractivity contribution is 0.115. The Labute approximate surface area is 358 Å². The highest BCUT2D eigenvalue weighted by Crippen LogP contribution is 2.28. The number of hydrogen-bond acceptors (Lipinski definition) is 14. The van der Waals surface area contributed by atoms with Crippen LogP contribution in [-0.4, -0.2) is 93.1 Å². The molecule has 0 bridgehead atoms. The third kappa shape index (κ3) is 13.2. The van der Waals surface area contributed by atoms with Crippen LogP contribution < -0.4 is 4.72 Å². The van der Waals surface area contributed by atoms with Crippen LogP contribution in [0.2, 0.25) is 0 Å². The zero-order valence-corrected chi connectivity index (χ0v) is 36.0. The molecular formula is C39H42F6N10O6S2. The third-order valence-corrected chi connectivity index (χ3v) is 12.7. The maximum Gasteiger partial charge on any atom is 0.314 e. The number of nitrogens with one attached hydrogen (secondary N) is 1. The topological polar surface area (TPSA) is 213 Å². The van der Waals surface area contributed by atoms with Crippen molar-refractivity contribution in [1.29, 1.82) is 0 Å². The van der Waals surface area contributed by atoms with Gasteiger partial charge in [0, 0.05) is 69.6 Å². The molecule has 6 rings (SSSR count). The highest BCUT2D eigenvalue weighted by molar-refractivity contribution is 7.89. The van der Waals surface area contributed by atoms with Gasteiger partial charge in [-0.2, -0.15) is 17.6 Å². The molecule has 2 atom stereocenters. The first-order valence-corrected chi connectivity index (χ1v) is 22.3. The van der Waals surface area contributed by atoms with Gasteiger partial charge in [0.2, 0.25) is 20.0 Å². The number of sulfonamides is 2. The Bertz CT molecular complexity index is 2670. The molecule has 0 fully saturated rings. The molecule has 24 heteroatoms. The summed E-state index contributed by atoms with van der Waals surface area (Å²) in [6, 6.07) is 9.47. The predicted octanol–water partition coefficient (Wildman–Crippen LogP) is 6.70. The Morgan fingerprint density at radius 1 is 0.651 bits per heavy atom. The first-order chi connectivity index (χ1) is 29.8. The second-order valence-electron chi connectivity index (χ2n) is 14.1. The van der Waals surface area contributed by atoms with Gasteiger partial charge in [-0.15, -0.1) is 20.4 Å². The second kappa shape index (κ2) is 21.1. The smallest absolute Gasteiger partial charge is 0.314 e. The van der Waals surface area contributed by atoms with E-state index in [4.69, 9.17) is 8.83 Å². The van der Waals surface area contributed by atoms with E-state index in [0.29, 0.717) is 22.8 Å². The van der Waals surface area contributed by atoms with Gasteiger partial charge in [0.05, 0.1) is 22.6 Å². The van der Waals surface area contributed by atoms with Gasteiger partial charge in [-0.05, 0) is 62.1 Å². The van der Waals surface area contributed by atoms with Crippen LogP contribution in [0.1, 0.15) is 84.2 Å². The van der Waals surface area contributed by atoms with Gasteiger partial charge < -0.3 is 8.83 Å². The van der Waals surface area contributed by atoms with Crippen LogP contribution in [0.25, 0.3) is 22.9 Å². The van der Waals surface area contributed by atoms with Crippen molar-refractivity contribution in [2.45, 2.75) is 65.2 Å². The summed E-state index contributed by atoms with van der Waals surface area (Å²) < 4.78 is 141. The van der Waals surface area contributed by atoms with Gasteiger partial charge in [-0.1, -0.05) is 24.3 Å². The molecule has 0 amide bonds. The molecule has 338 valence electrons. The molecule has 1 N–H and O–H groups in total. The van der Waals surface area contributed by atoms with Crippen molar-refractivity contribution in [2.75, 3.05) is 31.6 Å². The van der Waals surface area contributed by atoms with E-state index < -0.39 is 68.1 Å². The summed E-state index contributed by atoms with van der Waals surface area (Å²) in [5, 5.41) is 13.6. The van der Waals surface area contributed by atoms with Gasteiger partial charge in [0.1, 0.15) is 23.3 Å². The summed E-state index contributed by atoms with van der Waals surface area (Å²) >= 11 is 0. The van der Waals surface area contributed by atoms with Crippen molar-refractivity contribution < 1.29 is 52.0 Å². The molecular weight excluding hydrogens is 883 g/mol. The lowest BCUT2D eigenvalue weighted by Crippen LogP contribution is -2.33. The fourth-order valence-electron chi connectivity index (χ4n) is 5.93. The molecule has 0 aliphatic rings. The maximum atomic E-state index is 14.7. The van der Waals surface area contributed by atoms with Gasteiger partial charge in [0.15, 0.2) is 0 Å². The molecule has 2 aromatic carbocycles. The molecule has 16 nitrogen and oxygen atoms in total. The Morgan fingerprint density at radius 2 is 1.08 bits per heavy atom. The van der Waals surface area contributed by atoms with E-state index in [9.17, 15) is 43.2 Å². The summed E-state index contributed by atoms with van der Waals surface area (Å²) in [4.78, 5) is 16.7. The quantitative estimate of drug-likeness (QED) is 0.0890. The summed E-state index contributed by atoms with van der Waals surface area (Å²) in [6.45, 7) is 6.54. The highest BCUT2D eigenvalue weighted by atomic mass is 32.2. The summed E-state index contributed by atoms with van der Waals surface area (Å²) in [5.41, 5.74) is 2.64. The molecule has 0 aliphatic heterocycles. The van der Waals surface area contributed by atoms with Gasteiger partial charge in [-0.3, -0.25) is 0 Å². The Kier molecular flexibility index (Phi) is 16.2. The zero-order valence-electron chi connectivity index (χ0n) is 34.4. The number of aryl methyl sites for hydroxylation is 2. The Morgan fingerprint density at radius 3 is 1.46 bits per heavy atom. The van der Waals surface area contributed by atoms with Crippen molar-refractivity contribution in [3.05, 3.63) is 119 Å². The van der Waals surface area contributed by atoms with E-state index in [-0.39, 0.29) is 60.3 Å². The minimum atomic E-state index is -3.49. The fraction of sp³-hybridized carbons (Fsp3) is 0.385. The number of rotatable bonds is 18. The second-order valence-corrected chi connectivity index (χ2v) is 18.5. The zero-order chi connectivity index (χ0) is 46.1. The standard InChI is InChI=1S/C20H22F3N5O3S.C19H20F3N5O3S/c1-4-32(29,30)28(3)11-13(15-6-5-12(2)7-16(15)21)8-17-24-9-14(10-25-17)19-26-27-20(31-19)18(22)23;1-3-31(28,29)25-10-12(14-5-4-11(2)6-15(14)20)7-16-23-8-13(9-24-16)18-26-27-19(30-18)17(21)22/h5-7,9-10,13,18H,4,8,11H2,1-3H3;4-6,8-9,12,17,25H,3,7,10H2,1-2H3. The lowest BCUT2D eigenvalue weighted by Gasteiger charge is -2.24. The molecule has 4 aromatic heterocycles. The third-order valence-electron chi connectivity index (χ3n) is 9.46. The van der Waals surface area contributed by atoms with Crippen LogP contribution in [0.15, 0.2) is 70.0 Å². The largest absolute Gasteiger partial charge is 0.415 e. The molecule has 0 saturated heterocycles. The van der Waals surface area contributed by atoms with Crippen LogP contribution in [0.5, 0.6) is 0 Å². The first-order valence-electron chi connectivity index (χ1n) is 19.1. The number of halogens is 6. The fourth-order valence-corrected chi connectivity index (χ4v) is 7.43. The Balaban J connectivity index is 0.000000238. The number of hydrogen-bond donors (Lipinski definition) is 1. The molecule has 0 radical (unpaired) electrons. The van der Waals surface area contributed by atoms with E-state index in [0.717, 1.165) is 11.1 Å². The average molecular weight is 925 g/mol. The minimum Gasteiger partial charge on any atom is -0.415 e. The summed E-state index contributed by atoms with van der Waals surface area (Å²) in [7, 11) is -5.52. The number of benzene rings is 2. The number of alkyl halides is 4. The molecule has 0 aliphatic carbocycles. The average Bonchev–Trinajstić information content (AvgIpc) is 3.95. The van der Waals surface area contributed by atoms with Crippen LogP contribution >= 0.6 is 0 Å².